The van der Waals surface area contributed by atoms with Crippen molar-refractivity contribution in [2.24, 2.45) is 0 Å². The van der Waals surface area contributed by atoms with Crippen LogP contribution in [0.1, 0.15) is 61.7 Å². The summed E-state index contributed by atoms with van der Waals surface area (Å²) in [4.78, 5) is 24.0. The highest BCUT2D eigenvalue weighted by atomic mass is 32.2. The highest BCUT2D eigenvalue weighted by molar-refractivity contribution is 7.88. The van der Waals surface area contributed by atoms with E-state index in [1.54, 1.807) is 18.2 Å². The number of rotatable bonds is 15. The Morgan fingerprint density at radius 2 is 1.73 bits per heavy atom. The Morgan fingerprint density at radius 1 is 1.00 bits per heavy atom. The number of furan rings is 1. The number of benzene rings is 3. The van der Waals surface area contributed by atoms with Gasteiger partial charge < -0.3 is 24.3 Å². The van der Waals surface area contributed by atoms with Crippen molar-refractivity contribution < 1.29 is 41.4 Å². The number of halogens is 1. The Hall–Kier alpha value is -4.10. The molecule has 1 amide bonds. The molecule has 0 bridgehead atoms. The van der Waals surface area contributed by atoms with Gasteiger partial charge in [-0.25, -0.2) is 22.3 Å². The standard InChI is InChI=1S/C33H35FN2O8S/c1-20-15-23(33(38)39)5-6-24(20)18-43-14-13-42-12-11-36-45(40,41)19-25-16-29-28(17-27(25)21-3-4-21)30(32(37)35-2)31(44-29)22-7-9-26(34)10-8-22/h5-10,15-17,21,36H,3-4,11-14,18-19H2,1-2H3,(H,35,37)(H,38,39). The van der Waals surface area contributed by atoms with Crippen LogP contribution in [0.5, 0.6) is 0 Å². The summed E-state index contributed by atoms with van der Waals surface area (Å²) in [7, 11) is -2.21. The maximum absolute atomic E-state index is 13.6. The normalized spacial score (nSPS) is 13.3. The zero-order valence-electron chi connectivity index (χ0n) is 25.0. The van der Waals surface area contributed by atoms with Gasteiger partial charge in [0.25, 0.3) is 5.91 Å². The smallest absolute Gasteiger partial charge is 0.335 e. The lowest BCUT2D eigenvalue weighted by Gasteiger charge is -2.12. The van der Waals surface area contributed by atoms with E-state index in [9.17, 15) is 22.4 Å². The second-order valence-electron chi connectivity index (χ2n) is 11.0. The number of fused-ring (bicyclic) bond motifs is 1. The molecule has 1 fully saturated rings. The number of carbonyl (C=O) groups excluding carboxylic acids is 1. The van der Waals surface area contributed by atoms with Crippen LogP contribution in [0.4, 0.5) is 4.39 Å². The number of hydrogen-bond donors (Lipinski definition) is 3. The van der Waals surface area contributed by atoms with Gasteiger partial charge in [0.15, 0.2) is 0 Å². The minimum Gasteiger partial charge on any atom is -0.478 e. The molecule has 1 aliphatic rings. The first-order chi connectivity index (χ1) is 21.6. The van der Waals surface area contributed by atoms with Gasteiger partial charge in [-0.2, -0.15) is 0 Å². The number of aromatic carboxylic acids is 1. The summed E-state index contributed by atoms with van der Waals surface area (Å²) in [5.74, 6) is -1.53. The molecule has 1 heterocycles. The topological polar surface area (TPSA) is 144 Å². The molecule has 1 aliphatic carbocycles. The zero-order chi connectivity index (χ0) is 32.1. The SMILES string of the molecule is CNC(=O)c1c(-c2ccc(F)cc2)oc2cc(CS(=O)(=O)NCCOCCOCc3ccc(C(=O)O)cc3C)c(C3CC3)cc12. The van der Waals surface area contributed by atoms with Gasteiger partial charge in [0.1, 0.15) is 17.2 Å². The molecule has 0 atom stereocenters. The average molecular weight is 639 g/mol. The number of hydrogen-bond acceptors (Lipinski definition) is 7. The van der Waals surface area contributed by atoms with E-state index in [0.717, 1.165) is 29.5 Å². The van der Waals surface area contributed by atoms with Gasteiger partial charge in [-0.1, -0.05) is 6.07 Å². The quantitative estimate of drug-likeness (QED) is 0.152. The highest BCUT2D eigenvalue weighted by Crippen LogP contribution is 2.45. The van der Waals surface area contributed by atoms with Crippen LogP contribution in [0.25, 0.3) is 22.3 Å². The molecule has 45 heavy (non-hydrogen) atoms. The van der Waals surface area contributed by atoms with Crippen LogP contribution in [0.2, 0.25) is 0 Å². The number of amides is 1. The molecule has 0 radical (unpaired) electrons. The predicted molar refractivity (Wildman–Crippen MR) is 166 cm³/mol. The van der Waals surface area contributed by atoms with Gasteiger partial charge in [-0.3, -0.25) is 4.79 Å². The van der Waals surface area contributed by atoms with Gasteiger partial charge in [-0.15, -0.1) is 0 Å². The van der Waals surface area contributed by atoms with Crippen molar-refractivity contribution in [3.63, 3.8) is 0 Å². The van der Waals surface area contributed by atoms with Gasteiger partial charge in [-0.05, 0) is 96.5 Å². The molecule has 10 nitrogen and oxygen atoms in total. The van der Waals surface area contributed by atoms with Gasteiger partial charge in [0, 0.05) is 24.5 Å². The van der Waals surface area contributed by atoms with Crippen molar-refractivity contribution in [3.8, 4) is 11.3 Å². The number of nitrogens with one attached hydrogen (secondary N) is 2. The predicted octanol–water partition coefficient (Wildman–Crippen LogP) is 5.14. The van der Waals surface area contributed by atoms with Gasteiger partial charge in [0.2, 0.25) is 10.0 Å². The second-order valence-corrected chi connectivity index (χ2v) is 12.8. The Morgan fingerprint density at radius 3 is 2.40 bits per heavy atom. The summed E-state index contributed by atoms with van der Waals surface area (Å²) in [5.41, 5.74) is 4.61. The van der Waals surface area contributed by atoms with Crippen molar-refractivity contribution in [1.82, 2.24) is 10.0 Å². The summed E-state index contributed by atoms with van der Waals surface area (Å²) in [6.45, 7) is 2.91. The molecule has 0 spiro atoms. The minimum absolute atomic E-state index is 0.0788. The maximum atomic E-state index is 13.6. The fraction of sp³-hybridized carbons (Fsp3) is 0.333. The van der Waals surface area contributed by atoms with E-state index in [1.165, 1.54) is 37.4 Å². The fourth-order valence-corrected chi connectivity index (χ4v) is 6.33. The van der Waals surface area contributed by atoms with E-state index in [-0.39, 0.29) is 48.7 Å². The van der Waals surface area contributed by atoms with Crippen molar-refractivity contribution in [2.45, 2.75) is 38.0 Å². The third kappa shape index (κ3) is 7.95. The van der Waals surface area contributed by atoms with E-state index < -0.39 is 21.8 Å². The van der Waals surface area contributed by atoms with Gasteiger partial charge in [0.05, 0.1) is 43.3 Å². The van der Waals surface area contributed by atoms with Crippen LogP contribution in [-0.4, -0.2) is 58.8 Å². The zero-order valence-corrected chi connectivity index (χ0v) is 25.8. The van der Waals surface area contributed by atoms with Crippen LogP contribution < -0.4 is 10.0 Å². The first-order valence-corrected chi connectivity index (χ1v) is 16.2. The number of carboxylic acid groups (broad SMARTS) is 1. The Labute approximate surface area is 260 Å². The van der Waals surface area contributed by atoms with Crippen molar-refractivity contribution in [2.75, 3.05) is 33.4 Å². The van der Waals surface area contributed by atoms with E-state index in [1.807, 2.05) is 13.0 Å². The molecule has 1 saturated carbocycles. The lowest BCUT2D eigenvalue weighted by Crippen LogP contribution is -2.29. The van der Waals surface area contributed by atoms with Gasteiger partial charge >= 0.3 is 5.97 Å². The largest absolute Gasteiger partial charge is 0.478 e. The molecule has 3 aromatic carbocycles. The maximum Gasteiger partial charge on any atom is 0.335 e. The second kappa shape index (κ2) is 13.9. The molecule has 0 saturated heterocycles. The van der Waals surface area contributed by atoms with Crippen LogP contribution in [-0.2, 0) is 31.9 Å². The first-order valence-electron chi connectivity index (χ1n) is 14.6. The third-order valence-corrected chi connectivity index (χ3v) is 9.00. The molecule has 12 heteroatoms. The molecule has 238 valence electrons. The van der Waals surface area contributed by atoms with E-state index in [0.29, 0.717) is 40.9 Å². The van der Waals surface area contributed by atoms with E-state index in [2.05, 4.69) is 10.0 Å². The molecular formula is C33H35FN2O8S. The monoisotopic (exact) mass is 638 g/mol. The molecule has 3 N–H and O–H groups in total. The lowest BCUT2D eigenvalue weighted by molar-refractivity contribution is 0.0425. The first kappa shape index (κ1) is 32.3. The number of carboxylic acids is 1. The molecule has 0 unspecified atom stereocenters. The van der Waals surface area contributed by atoms with Crippen molar-refractivity contribution in [3.05, 3.63) is 93.8 Å². The molecule has 5 rings (SSSR count). The molecule has 4 aromatic rings. The fourth-order valence-electron chi connectivity index (χ4n) is 5.17. The molecule has 0 aliphatic heterocycles. The Bertz CT molecular complexity index is 1810. The average Bonchev–Trinajstić information content (AvgIpc) is 3.79. The van der Waals surface area contributed by atoms with Crippen LogP contribution in [0.3, 0.4) is 0 Å². The summed E-state index contributed by atoms with van der Waals surface area (Å²) in [5, 5.41) is 12.3. The molecule has 1 aromatic heterocycles. The number of carbonyl (C=O) groups is 2. The van der Waals surface area contributed by atoms with Crippen molar-refractivity contribution >= 4 is 32.9 Å². The lowest BCUT2D eigenvalue weighted by atomic mass is 9.98. The van der Waals surface area contributed by atoms with Crippen LogP contribution in [0.15, 0.2) is 59.0 Å². The van der Waals surface area contributed by atoms with E-state index >= 15 is 0 Å². The highest BCUT2D eigenvalue weighted by Gasteiger charge is 2.31. The summed E-state index contributed by atoms with van der Waals surface area (Å²) in [6.07, 6.45) is 1.85. The third-order valence-electron chi connectivity index (χ3n) is 7.66. The summed E-state index contributed by atoms with van der Waals surface area (Å²) < 4.78 is 59.5. The summed E-state index contributed by atoms with van der Waals surface area (Å²) in [6, 6.07) is 14.0. The minimum atomic E-state index is -3.73. The van der Waals surface area contributed by atoms with E-state index in [4.69, 9.17) is 19.0 Å². The Balaban J connectivity index is 1.19. The number of sulfonamides is 1. The van der Waals surface area contributed by atoms with Crippen LogP contribution >= 0.6 is 0 Å². The number of aryl methyl sites for hydroxylation is 1. The summed E-state index contributed by atoms with van der Waals surface area (Å²) >= 11 is 0. The van der Waals surface area contributed by atoms with Crippen LogP contribution in [0, 0.1) is 12.7 Å². The Kier molecular flexibility index (Phi) is 9.98. The molecular weight excluding hydrogens is 603 g/mol. The van der Waals surface area contributed by atoms with Crippen molar-refractivity contribution in [1.29, 1.82) is 0 Å². The number of ether oxygens (including phenoxy) is 2.